The molecule has 1 amide bonds. The normalized spacial score (nSPS) is 11.8. The number of rotatable bonds is 7. The number of ether oxygens (including phenoxy) is 1. The van der Waals surface area contributed by atoms with Crippen LogP contribution >= 0.6 is 23.1 Å². The molecule has 1 N–H and O–H groups in total. The molecule has 1 heterocycles. The molecule has 3 rings (SSSR count). The number of hydrogen-bond donors (Lipinski definition) is 1. The van der Waals surface area contributed by atoms with Gasteiger partial charge in [0.2, 0.25) is 5.91 Å². The smallest absolute Gasteiger partial charge is 0.230 e. The highest BCUT2D eigenvalue weighted by Gasteiger charge is 2.14. The molecule has 27 heavy (non-hydrogen) atoms. The fourth-order valence-corrected chi connectivity index (χ4v) is 4.24. The van der Waals surface area contributed by atoms with Crippen molar-refractivity contribution in [3.05, 3.63) is 65.3 Å². The molecule has 140 valence electrons. The van der Waals surface area contributed by atoms with Crippen LogP contribution in [0.1, 0.15) is 18.5 Å². The summed E-state index contributed by atoms with van der Waals surface area (Å²) in [5.74, 6) is 0.679. The van der Waals surface area contributed by atoms with E-state index in [1.807, 2.05) is 36.6 Å². The van der Waals surface area contributed by atoms with Gasteiger partial charge in [-0.25, -0.2) is 9.37 Å². The second-order valence-electron chi connectivity index (χ2n) is 5.83. The molecule has 7 heteroatoms. The lowest BCUT2D eigenvalue weighted by molar-refractivity contribution is -0.119. The van der Waals surface area contributed by atoms with Gasteiger partial charge in [0.05, 0.1) is 24.6 Å². The second-order valence-corrected chi connectivity index (χ2v) is 7.91. The average molecular weight is 403 g/mol. The van der Waals surface area contributed by atoms with E-state index in [2.05, 4.69) is 10.3 Å². The molecule has 0 spiro atoms. The maximum Gasteiger partial charge on any atom is 0.230 e. The first kappa shape index (κ1) is 19.4. The minimum absolute atomic E-state index is 0.0723. The SMILES string of the molecule is COc1ccccc1C(C)NC(=O)CSc1nc(-c2ccc(F)cc2)cs1. The predicted molar refractivity (Wildman–Crippen MR) is 108 cm³/mol. The highest BCUT2D eigenvalue weighted by molar-refractivity contribution is 8.01. The van der Waals surface area contributed by atoms with Gasteiger partial charge in [0.25, 0.3) is 0 Å². The first-order valence-electron chi connectivity index (χ1n) is 8.33. The summed E-state index contributed by atoms with van der Waals surface area (Å²) >= 11 is 2.85. The van der Waals surface area contributed by atoms with Gasteiger partial charge in [-0.3, -0.25) is 4.79 Å². The number of hydrogen-bond acceptors (Lipinski definition) is 5. The van der Waals surface area contributed by atoms with E-state index in [9.17, 15) is 9.18 Å². The minimum atomic E-state index is -0.274. The molecule has 3 aromatic rings. The van der Waals surface area contributed by atoms with E-state index < -0.39 is 0 Å². The molecule has 2 aromatic carbocycles. The lowest BCUT2D eigenvalue weighted by Gasteiger charge is -2.16. The Morgan fingerprint density at radius 3 is 2.74 bits per heavy atom. The number of aromatic nitrogens is 1. The van der Waals surface area contributed by atoms with E-state index in [0.29, 0.717) is 0 Å². The number of halogens is 1. The van der Waals surface area contributed by atoms with Crippen molar-refractivity contribution in [2.75, 3.05) is 12.9 Å². The van der Waals surface area contributed by atoms with Crippen molar-refractivity contribution in [1.29, 1.82) is 0 Å². The zero-order chi connectivity index (χ0) is 19.2. The molecule has 0 aliphatic rings. The Balaban J connectivity index is 1.56. The Bertz CT molecular complexity index is 912. The number of para-hydroxylation sites is 1. The molecule has 0 radical (unpaired) electrons. The molecule has 4 nitrogen and oxygen atoms in total. The van der Waals surface area contributed by atoms with E-state index >= 15 is 0 Å². The predicted octanol–water partition coefficient (Wildman–Crippen LogP) is 4.93. The maximum absolute atomic E-state index is 13.0. The van der Waals surface area contributed by atoms with Gasteiger partial charge in [0.1, 0.15) is 11.6 Å². The van der Waals surface area contributed by atoms with Crippen LogP contribution in [0.15, 0.2) is 58.3 Å². The molecule has 0 bridgehead atoms. The van der Waals surface area contributed by atoms with Gasteiger partial charge in [0, 0.05) is 16.5 Å². The number of amides is 1. The molecule has 1 atom stereocenters. The highest BCUT2D eigenvalue weighted by Crippen LogP contribution is 2.29. The average Bonchev–Trinajstić information content (AvgIpc) is 3.16. The van der Waals surface area contributed by atoms with Gasteiger partial charge in [-0.2, -0.15) is 0 Å². The third kappa shape index (κ3) is 5.08. The Morgan fingerprint density at radius 2 is 2.00 bits per heavy atom. The van der Waals surface area contributed by atoms with Gasteiger partial charge >= 0.3 is 0 Å². The minimum Gasteiger partial charge on any atom is -0.496 e. The molecule has 0 saturated carbocycles. The van der Waals surface area contributed by atoms with Crippen molar-refractivity contribution < 1.29 is 13.9 Å². The first-order valence-corrected chi connectivity index (χ1v) is 10.2. The van der Waals surface area contributed by atoms with Crippen LogP contribution in [0.2, 0.25) is 0 Å². The molecule has 1 aromatic heterocycles. The Hall–Kier alpha value is -2.38. The van der Waals surface area contributed by atoms with E-state index in [0.717, 1.165) is 26.9 Å². The van der Waals surface area contributed by atoms with Crippen LogP contribution in [0.5, 0.6) is 5.75 Å². The monoisotopic (exact) mass is 402 g/mol. The van der Waals surface area contributed by atoms with Gasteiger partial charge in [-0.15, -0.1) is 11.3 Å². The van der Waals surface area contributed by atoms with Gasteiger partial charge in [-0.1, -0.05) is 30.0 Å². The van der Waals surface area contributed by atoms with Crippen LogP contribution < -0.4 is 10.1 Å². The number of thioether (sulfide) groups is 1. The molecule has 0 fully saturated rings. The lowest BCUT2D eigenvalue weighted by Crippen LogP contribution is -2.28. The van der Waals surface area contributed by atoms with E-state index in [4.69, 9.17) is 4.74 Å². The molecule has 0 aliphatic carbocycles. The van der Waals surface area contributed by atoms with Crippen molar-refractivity contribution in [3.8, 4) is 17.0 Å². The summed E-state index contributed by atoms with van der Waals surface area (Å²) < 4.78 is 19.2. The summed E-state index contributed by atoms with van der Waals surface area (Å²) in [6, 6.07) is 13.7. The van der Waals surface area contributed by atoms with Crippen LogP contribution in [0, 0.1) is 5.82 Å². The number of thiazole rings is 1. The molecule has 0 aliphatic heterocycles. The van der Waals surface area contributed by atoms with Crippen LogP contribution in [-0.2, 0) is 4.79 Å². The molecule has 0 saturated heterocycles. The number of nitrogens with zero attached hydrogens (tertiary/aromatic N) is 1. The Labute approximate surface area is 165 Å². The summed E-state index contributed by atoms with van der Waals surface area (Å²) in [7, 11) is 1.62. The summed E-state index contributed by atoms with van der Waals surface area (Å²) in [5.41, 5.74) is 2.57. The summed E-state index contributed by atoms with van der Waals surface area (Å²) in [4.78, 5) is 16.8. The summed E-state index contributed by atoms with van der Waals surface area (Å²) in [6.45, 7) is 1.93. The molecule has 1 unspecified atom stereocenters. The van der Waals surface area contributed by atoms with E-state index in [1.54, 1.807) is 19.2 Å². The van der Waals surface area contributed by atoms with Gasteiger partial charge < -0.3 is 10.1 Å². The fraction of sp³-hybridized carbons (Fsp3) is 0.200. The summed E-state index contributed by atoms with van der Waals surface area (Å²) in [6.07, 6.45) is 0. The van der Waals surface area contributed by atoms with Crippen LogP contribution in [0.3, 0.4) is 0 Å². The van der Waals surface area contributed by atoms with Gasteiger partial charge in [-0.05, 0) is 37.3 Å². The van der Waals surface area contributed by atoms with Crippen molar-refractivity contribution in [2.45, 2.75) is 17.3 Å². The van der Waals surface area contributed by atoms with E-state index in [1.165, 1.54) is 35.2 Å². The second kappa shape index (κ2) is 9.01. The molecular weight excluding hydrogens is 383 g/mol. The number of carbonyl (C=O) groups excluding carboxylic acids is 1. The number of carbonyl (C=O) groups is 1. The van der Waals surface area contributed by atoms with Crippen molar-refractivity contribution >= 4 is 29.0 Å². The van der Waals surface area contributed by atoms with Crippen LogP contribution in [0.4, 0.5) is 4.39 Å². The highest BCUT2D eigenvalue weighted by atomic mass is 32.2. The first-order chi connectivity index (χ1) is 13.1. The fourth-order valence-electron chi connectivity index (χ4n) is 2.59. The Kier molecular flexibility index (Phi) is 6.47. The zero-order valence-corrected chi connectivity index (χ0v) is 16.6. The third-order valence-electron chi connectivity index (χ3n) is 3.93. The van der Waals surface area contributed by atoms with Gasteiger partial charge in [0.15, 0.2) is 4.34 Å². The van der Waals surface area contributed by atoms with E-state index in [-0.39, 0.29) is 23.5 Å². The van der Waals surface area contributed by atoms with Crippen molar-refractivity contribution in [1.82, 2.24) is 10.3 Å². The number of methoxy groups -OCH3 is 1. The summed E-state index contributed by atoms with van der Waals surface area (Å²) in [5, 5.41) is 4.89. The quantitative estimate of drug-likeness (QED) is 0.570. The number of benzene rings is 2. The molecular formula is C20H19FN2O2S2. The third-order valence-corrected chi connectivity index (χ3v) is 5.95. The van der Waals surface area contributed by atoms with Crippen molar-refractivity contribution in [2.24, 2.45) is 0 Å². The number of nitrogens with one attached hydrogen (secondary N) is 1. The zero-order valence-electron chi connectivity index (χ0n) is 14.9. The lowest BCUT2D eigenvalue weighted by atomic mass is 10.1. The largest absolute Gasteiger partial charge is 0.496 e. The maximum atomic E-state index is 13.0. The van der Waals surface area contributed by atoms with Crippen LogP contribution in [-0.4, -0.2) is 23.8 Å². The van der Waals surface area contributed by atoms with Crippen molar-refractivity contribution in [3.63, 3.8) is 0 Å². The standard InChI is InChI=1S/C20H19FN2O2S2/c1-13(16-5-3-4-6-18(16)25-2)22-19(24)12-27-20-23-17(11-26-20)14-7-9-15(21)10-8-14/h3-11,13H,12H2,1-2H3,(H,22,24). The van der Waals surface area contributed by atoms with Crippen LogP contribution in [0.25, 0.3) is 11.3 Å². The topological polar surface area (TPSA) is 51.2 Å². The Morgan fingerprint density at radius 1 is 1.26 bits per heavy atom.